The summed E-state index contributed by atoms with van der Waals surface area (Å²) in [5.41, 5.74) is 1.54. The Bertz CT molecular complexity index is 595. The topological polar surface area (TPSA) is 26.3 Å². The molecule has 0 saturated heterocycles. The van der Waals surface area contributed by atoms with Crippen LogP contribution in [0.5, 0.6) is 5.75 Å². The van der Waals surface area contributed by atoms with E-state index in [1.54, 1.807) is 18.2 Å². The summed E-state index contributed by atoms with van der Waals surface area (Å²) in [7, 11) is 0. The summed E-state index contributed by atoms with van der Waals surface area (Å²) in [6, 6.07) is 10.3. The summed E-state index contributed by atoms with van der Waals surface area (Å²) in [5.74, 6) is -0.283. The predicted octanol–water partition coefficient (Wildman–Crippen LogP) is 3.95. The third kappa shape index (κ3) is 3.38. The van der Waals surface area contributed by atoms with Crippen LogP contribution < -0.4 is 4.74 Å². The van der Waals surface area contributed by atoms with Crippen molar-refractivity contribution in [1.82, 2.24) is 0 Å². The Balaban J connectivity index is 2.33. The van der Waals surface area contributed by atoms with Crippen LogP contribution >= 0.6 is 0 Å². The van der Waals surface area contributed by atoms with Crippen molar-refractivity contribution in [3.63, 3.8) is 0 Å². The van der Waals surface area contributed by atoms with Gasteiger partial charge in [0.05, 0.1) is 5.56 Å². The molecule has 0 heterocycles. The number of hydrogen-bond donors (Lipinski definition) is 0. The molecule has 0 aliphatic rings. The van der Waals surface area contributed by atoms with E-state index in [9.17, 15) is 18.0 Å². The molecule has 0 bridgehead atoms. The van der Waals surface area contributed by atoms with Gasteiger partial charge in [-0.15, -0.1) is 0 Å². The quantitative estimate of drug-likeness (QED) is 0.775. The minimum atomic E-state index is -2.62. The van der Waals surface area contributed by atoms with Crippen molar-refractivity contribution in [2.45, 2.75) is 6.43 Å². The van der Waals surface area contributed by atoms with Gasteiger partial charge < -0.3 is 4.74 Å². The zero-order valence-corrected chi connectivity index (χ0v) is 10.4. The van der Waals surface area contributed by atoms with Crippen LogP contribution in [0.2, 0.25) is 0 Å². The maximum absolute atomic E-state index is 12.9. The summed E-state index contributed by atoms with van der Waals surface area (Å²) in [6.07, 6.45) is -2.08. The van der Waals surface area contributed by atoms with E-state index in [4.69, 9.17) is 4.74 Å². The molecule has 0 N–H and O–H groups in total. The highest BCUT2D eigenvalue weighted by Gasteiger charge is 2.09. The summed E-state index contributed by atoms with van der Waals surface area (Å²) in [6.45, 7) is -0.784. The number of alkyl halides is 2. The molecule has 0 saturated carbocycles. The van der Waals surface area contributed by atoms with Gasteiger partial charge in [-0.05, 0) is 35.4 Å². The van der Waals surface area contributed by atoms with Gasteiger partial charge in [-0.25, -0.2) is 13.2 Å². The van der Waals surface area contributed by atoms with E-state index in [0.717, 1.165) is 0 Å². The number of carbonyl (C=O) groups is 1. The predicted molar refractivity (Wildman–Crippen MR) is 68.7 cm³/mol. The van der Waals surface area contributed by atoms with E-state index in [2.05, 4.69) is 0 Å². The Morgan fingerprint density at radius 3 is 2.30 bits per heavy atom. The van der Waals surface area contributed by atoms with E-state index in [-0.39, 0.29) is 17.1 Å². The first-order valence-electron chi connectivity index (χ1n) is 5.86. The number of benzene rings is 2. The number of halogens is 3. The van der Waals surface area contributed by atoms with Crippen LogP contribution in [0, 0.1) is 5.82 Å². The van der Waals surface area contributed by atoms with Gasteiger partial charge in [0, 0.05) is 0 Å². The maximum atomic E-state index is 12.9. The van der Waals surface area contributed by atoms with Crippen molar-refractivity contribution in [3.8, 4) is 16.9 Å². The van der Waals surface area contributed by atoms with Crippen LogP contribution in [0.25, 0.3) is 11.1 Å². The third-order valence-electron chi connectivity index (χ3n) is 2.68. The van der Waals surface area contributed by atoms with Gasteiger partial charge in [0.15, 0.2) is 6.29 Å². The van der Waals surface area contributed by atoms with Crippen molar-refractivity contribution in [3.05, 3.63) is 53.8 Å². The van der Waals surface area contributed by atoms with Gasteiger partial charge in [-0.3, -0.25) is 4.79 Å². The minimum absolute atomic E-state index is 0.0853. The molecule has 20 heavy (non-hydrogen) atoms. The molecule has 0 atom stereocenters. The van der Waals surface area contributed by atoms with E-state index < -0.39 is 13.0 Å². The van der Waals surface area contributed by atoms with Crippen molar-refractivity contribution >= 4 is 6.29 Å². The smallest absolute Gasteiger partial charge is 0.272 e. The maximum Gasteiger partial charge on any atom is 0.272 e. The summed E-state index contributed by atoms with van der Waals surface area (Å²) in [5, 5.41) is 0. The van der Waals surface area contributed by atoms with Crippen LogP contribution in [0.3, 0.4) is 0 Å². The summed E-state index contributed by atoms with van der Waals surface area (Å²) >= 11 is 0. The second-order valence-corrected chi connectivity index (χ2v) is 4.08. The second-order valence-electron chi connectivity index (χ2n) is 4.08. The molecule has 0 aromatic heterocycles. The zero-order chi connectivity index (χ0) is 14.5. The van der Waals surface area contributed by atoms with Crippen LogP contribution in [0.4, 0.5) is 13.2 Å². The molecule has 2 aromatic carbocycles. The molecule has 2 rings (SSSR count). The number of carbonyl (C=O) groups excluding carboxylic acids is 1. The lowest BCUT2D eigenvalue weighted by Crippen LogP contribution is -2.08. The molecule has 104 valence electrons. The summed E-state index contributed by atoms with van der Waals surface area (Å²) in [4.78, 5) is 10.8. The fourth-order valence-corrected chi connectivity index (χ4v) is 1.73. The third-order valence-corrected chi connectivity index (χ3v) is 2.68. The number of hydrogen-bond acceptors (Lipinski definition) is 2. The Morgan fingerprint density at radius 2 is 1.70 bits per heavy atom. The van der Waals surface area contributed by atoms with Gasteiger partial charge in [-0.2, -0.15) is 0 Å². The normalized spacial score (nSPS) is 10.6. The average Bonchev–Trinajstić information content (AvgIpc) is 2.45. The largest absolute Gasteiger partial charge is 0.487 e. The zero-order valence-electron chi connectivity index (χ0n) is 10.4. The van der Waals surface area contributed by atoms with Gasteiger partial charge in [0.2, 0.25) is 0 Å². The Hall–Kier alpha value is -2.30. The molecule has 0 aliphatic carbocycles. The molecular formula is C15H11F3O2. The average molecular weight is 280 g/mol. The van der Waals surface area contributed by atoms with Gasteiger partial charge in [-0.1, -0.05) is 18.2 Å². The van der Waals surface area contributed by atoms with E-state index in [1.807, 2.05) is 0 Å². The molecule has 0 fully saturated rings. The van der Waals surface area contributed by atoms with Gasteiger partial charge >= 0.3 is 0 Å². The molecule has 2 aromatic rings. The molecule has 0 radical (unpaired) electrons. The molecule has 0 aliphatic heterocycles. The van der Waals surface area contributed by atoms with Crippen molar-refractivity contribution in [2.75, 3.05) is 6.61 Å². The molecule has 0 unspecified atom stereocenters. The Morgan fingerprint density at radius 1 is 1.05 bits per heavy atom. The first-order valence-corrected chi connectivity index (χ1v) is 5.86. The fraction of sp³-hybridized carbons (Fsp3) is 0.133. The molecule has 0 amide bonds. The van der Waals surface area contributed by atoms with Crippen LogP contribution in [0.15, 0.2) is 42.5 Å². The van der Waals surface area contributed by atoms with Crippen LogP contribution in [-0.2, 0) is 0 Å². The van der Waals surface area contributed by atoms with Crippen molar-refractivity contribution < 1.29 is 22.7 Å². The molecular weight excluding hydrogens is 269 g/mol. The molecule has 5 heteroatoms. The Labute approximate surface area is 113 Å². The van der Waals surface area contributed by atoms with Gasteiger partial charge in [0.1, 0.15) is 18.2 Å². The van der Waals surface area contributed by atoms with Crippen molar-refractivity contribution in [1.29, 1.82) is 0 Å². The van der Waals surface area contributed by atoms with Gasteiger partial charge in [0.25, 0.3) is 6.43 Å². The SMILES string of the molecule is O=Cc1ccc(-c2ccc(F)cc2)cc1OCC(F)F. The number of ether oxygens (including phenoxy) is 1. The molecule has 0 spiro atoms. The highest BCUT2D eigenvalue weighted by atomic mass is 19.3. The van der Waals surface area contributed by atoms with Crippen LogP contribution in [0.1, 0.15) is 10.4 Å². The lowest BCUT2D eigenvalue weighted by Gasteiger charge is -2.10. The number of rotatable bonds is 5. The second kappa shape index (κ2) is 6.23. The lowest BCUT2D eigenvalue weighted by atomic mass is 10.0. The van der Waals surface area contributed by atoms with Crippen LogP contribution in [-0.4, -0.2) is 19.3 Å². The monoisotopic (exact) mass is 280 g/mol. The number of aldehydes is 1. The molecule has 2 nitrogen and oxygen atoms in total. The first kappa shape index (κ1) is 14.1. The van der Waals surface area contributed by atoms with E-state index >= 15 is 0 Å². The van der Waals surface area contributed by atoms with E-state index in [1.165, 1.54) is 24.3 Å². The fourth-order valence-electron chi connectivity index (χ4n) is 1.73. The lowest BCUT2D eigenvalue weighted by molar-refractivity contribution is 0.0809. The Kier molecular flexibility index (Phi) is 4.40. The summed E-state index contributed by atoms with van der Waals surface area (Å²) < 4.78 is 42.1. The highest BCUT2D eigenvalue weighted by molar-refractivity contribution is 5.81. The highest BCUT2D eigenvalue weighted by Crippen LogP contribution is 2.27. The van der Waals surface area contributed by atoms with E-state index in [0.29, 0.717) is 17.4 Å². The van der Waals surface area contributed by atoms with Crippen molar-refractivity contribution in [2.24, 2.45) is 0 Å². The minimum Gasteiger partial charge on any atom is -0.487 e. The standard InChI is InChI=1S/C15H11F3O2/c16-13-5-3-10(4-6-13)11-1-2-12(8-19)14(7-11)20-9-15(17)18/h1-8,15H,9H2. The first-order chi connectivity index (χ1) is 9.60.